The molecule has 4 heteroatoms. The summed E-state index contributed by atoms with van der Waals surface area (Å²) in [5.74, 6) is -0.874. The molecule has 0 bridgehead atoms. The smallest absolute Gasteiger partial charge is 0.177 e. The number of ether oxygens (including phenoxy) is 2. The maximum atomic E-state index is 12.1. The molecule has 17 heavy (non-hydrogen) atoms. The van der Waals surface area contributed by atoms with Crippen LogP contribution in [0.1, 0.15) is 41.0 Å². The molecule has 0 aromatic carbocycles. The average molecular weight is 242 g/mol. The van der Waals surface area contributed by atoms with Gasteiger partial charge in [-0.3, -0.25) is 9.59 Å². The maximum absolute atomic E-state index is 12.1. The van der Waals surface area contributed by atoms with Crippen molar-refractivity contribution in [1.82, 2.24) is 0 Å². The Morgan fingerprint density at radius 3 is 2.35 bits per heavy atom. The Morgan fingerprint density at radius 2 is 1.94 bits per heavy atom. The van der Waals surface area contributed by atoms with Crippen molar-refractivity contribution in [3.05, 3.63) is 0 Å². The number of hydrogen-bond donors (Lipinski definition) is 0. The summed E-state index contributed by atoms with van der Waals surface area (Å²) in [5.41, 5.74) is -1.58. The average Bonchev–Trinajstić information content (AvgIpc) is 2.31. The van der Waals surface area contributed by atoms with Crippen LogP contribution in [0.25, 0.3) is 0 Å². The van der Waals surface area contributed by atoms with Crippen LogP contribution in [0.15, 0.2) is 0 Å². The van der Waals surface area contributed by atoms with E-state index in [0.29, 0.717) is 13.2 Å². The highest BCUT2D eigenvalue weighted by Crippen LogP contribution is 2.39. The predicted octanol–water partition coefficient (Wildman–Crippen LogP) is 1.75. The molecule has 1 saturated heterocycles. The van der Waals surface area contributed by atoms with Crippen LogP contribution in [-0.2, 0) is 19.1 Å². The van der Waals surface area contributed by atoms with Gasteiger partial charge in [-0.2, -0.15) is 0 Å². The standard InChI is InChI=1S/C13H22O4/c1-6-16-8-7-9(14)10-11(15)13(4,5)17-12(10,2)3/h10H,6-8H2,1-5H3. The van der Waals surface area contributed by atoms with Gasteiger partial charge in [0, 0.05) is 13.0 Å². The number of ketones is 2. The monoisotopic (exact) mass is 242 g/mol. The van der Waals surface area contributed by atoms with Crippen LogP contribution in [-0.4, -0.2) is 36.0 Å². The molecule has 0 saturated carbocycles. The molecule has 1 unspecified atom stereocenters. The van der Waals surface area contributed by atoms with Gasteiger partial charge in [0.1, 0.15) is 17.3 Å². The summed E-state index contributed by atoms with van der Waals surface area (Å²) in [4.78, 5) is 24.2. The van der Waals surface area contributed by atoms with Gasteiger partial charge in [0.15, 0.2) is 5.78 Å². The summed E-state index contributed by atoms with van der Waals surface area (Å²) in [7, 11) is 0. The molecule has 1 rings (SSSR count). The Kier molecular flexibility index (Phi) is 4.10. The minimum Gasteiger partial charge on any atom is -0.381 e. The highest BCUT2D eigenvalue weighted by atomic mass is 16.5. The molecule has 0 N–H and O–H groups in total. The molecule has 1 aliphatic heterocycles. The molecule has 0 aromatic heterocycles. The van der Waals surface area contributed by atoms with Crippen LogP contribution in [0.4, 0.5) is 0 Å². The largest absolute Gasteiger partial charge is 0.381 e. The van der Waals surface area contributed by atoms with Gasteiger partial charge >= 0.3 is 0 Å². The Morgan fingerprint density at radius 1 is 1.35 bits per heavy atom. The van der Waals surface area contributed by atoms with E-state index in [2.05, 4.69) is 0 Å². The van der Waals surface area contributed by atoms with E-state index >= 15 is 0 Å². The van der Waals surface area contributed by atoms with Crippen molar-refractivity contribution in [1.29, 1.82) is 0 Å². The Balaban J connectivity index is 2.75. The van der Waals surface area contributed by atoms with E-state index in [9.17, 15) is 9.59 Å². The molecule has 1 fully saturated rings. The van der Waals surface area contributed by atoms with Gasteiger partial charge in [0.25, 0.3) is 0 Å². The minimum absolute atomic E-state index is 0.0842. The number of carbonyl (C=O) groups excluding carboxylic acids is 2. The van der Waals surface area contributed by atoms with Gasteiger partial charge < -0.3 is 9.47 Å². The van der Waals surface area contributed by atoms with Crippen LogP contribution in [0.3, 0.4) is 0 Å². The zero-order valence-corrected chi connectivity index (χ0v) is 11.3. The molecule has 0 radical (unpaired) electrons. The molecule has 1 heterocycles. The molecule has 0 spiro atoms. The van der Waals surface area contributed by atoms with Gasteiger partial charge in [-0.15, -0.1) is 0 Å². The van der Waals surface area contributed by atoms with Crippen molar-refractivity contribution in [2.45, 2.75) is 52.2 Å². The summed E-state index contributed by atoms with van der Waals surface area (Å²) >= 11 is 0. The summed E-state index contributed by atoms with van der Waals surface area (Å²) in [6, 6.07) is 0. The lowest BCUT2D eigenvalue weighted by Crippen LogP contribution is -2.37. The summed E-state index contributed by atoms with van der Waals surface area (Å²) in [6.45, 7) is 9.85. The second kappa shape index (κ2) is 4.86. The lowest BCUT2D eigenvalue weighted by molar-refractivity contribution is -0.134. The first-order valence-corrected chi connectivity index (χ1v) is 6.07. The fourth-order valence-corrected chi connectivity index (χ4v) is 2.43. The first kappa shape index (κ1) is 14.3. The van der Waals surface area contributed by atoms with Crippen molar-refractivity contribution in [2.24, 2.45) is 5.92 Å². The molecule has 0 aromatic rings. The predicted molar refractivity (Wildman–Crippen MR) is 63.9 cm³/mol. The second-order valence-electron chi connectivity index (χ2n) is 5.43. The molecule has 0 amide bonds. The molecule has 98 valence electrons. The molecule has 1 aliphatic rings. The fourth-order valence-electron chi connectivity index (χ4n) is 2.43. The van der Waals surface area contributed by atoms with Crippen LogP contribution in [0, 0.1) is 5.92 Å². The first-order valence-electron chi connectivity index (χ1n) is 6.07. The van der Waals surface area contributed by atoms with Crippen molar-refractivity contribution in [3.63, 3.8) is 0 Å². The van der Waals surface area contributed by atoms with Gasteiger partial charge in [-0.25, -0.2) is 0 Å². The zero-order chi connectivity index (χ0) is 13.3. The van der Waals surface area contributed by atoms with Crippen molar-refractivity contribution < 1.29 is 19.1 Å². The molecular formula is C13H22O4. The third kappa shape index (κ3) is 2.93. The summed E-state index contributed by atoms with van der Waals surface area (Å²) < 4.78 is 10.8. The van der Waals surface area contributed by atoms with Gasteiger partial charge in [0.2, 0.25) is 0 Å². The Hall–Kier alpha value is -0.740. The highest BCUT2D eigenvalue weighted by Gasteiger charge is 2.55. The quantitative estimate of drug-likeness (QED) is 0.544. The maximum Gasteiger partial charge on any atom is 0.177 e. The molecule has 0 aliphatic carbocycles. The Bertz CT molecular complexity index is 317. The third-order valence-electron chi connectivity index (χ3n) is 3.09. The van der Waals surface area contributed by atoms with E-state index in [1.165, 1.54) is 0 Å². The summed E-state index contributed by atoms with van der Waals surface area (Å²) in [6.07, 6.45) is 0.271. The van der Waals surface area contributed by atoms with E-state index in [1.807, 2.05) is 6.92 Å². The minimum atomic E-state index is -0.866. The van der Waals surface area contributed by atoms with E-state index in [-0.39, 0.29) is 18.0 Å². The van der Waals surface area contributed by atoms with E-state index in [0.717, 1.165) is 0 Å². The molecule has 1 atom stereocenters. The van der Waals surface area contributed by atoms with Gasteiger partial charge in [0.05, 0.1) is 12.2 Å². The van der Waals surface area contributed by atoms with Gasteiger partial charge in [-0.05, 0) is 34.6 Å². The lowest BCUT2D eigenvalue weighted by atomic mass is 9.82. The van der Waals surface area contributed by atoms with E-state index in [4.69, 9.17) is 9.47 Å². The second-order valence-corrected chi connectivity index (χ2v) is 5.43. The van der Waals surface area contributed by atoms with E-state index < -0.39 is 17.1 Å². The van der Waals surface area contributed by atoms with Crippen molar-refractivity contribution in [3.8, 4) is 0 Å². The fraction of sp³-hybridized carbons (Fsp3) is 0.846. The van der Waals surface area contributed by atoms with Crippen molar-refractivity contribution >= 4 is 11.6 Å². The van der Waals surface area contributed by atoms with Crippen LogP contribution in [0.5, 0.6) is 0 Å². The summed E-state index contributed by atoms with van der Waals surface area (Å²) in [5, 5.41) is 0. The number of hydrogen-bond acceptors (Lipinski definition) is 4. The number of carbonyl (C=O) groups is 2. The zero-order valence-electron chi connectivity index (χ0n) is 11.3. The molecule has 4 nitrogen and oxygen atoms in total. The lowest BCUT2D eigenvalue weighted by Gasteiger charge is -2.24. The van der Waals surface area contributed by atoms with Gasteiger partial charge in [-0.1, -0.05) is 0 Å². The van der Waals surface area contributed by atoms with E-state index in [1.54, 1.807) is 27.7 Å². The highest BCUT2D eigenvalue weighted by molar-refractivity contribution is 6.08. The van der Waals surface area contributed by atoms with Crippen LogP contribution in [0.2, 0.25) is 0 Å². The SMILES string of the molecule is CCOCCC(=O)C1C(=O)C(C)(C)OC1(C)C. The van der Waals surface area contributed by atoms with Crippen molar-refractivity contribution in [2.75, 3.05) is 13.2 Å². The number of Topliss-reactive ketones (excluding diaryl/α,β-unsaturated/α-hetero) is 2. The normalized spacial score (nSPS) is 26.2. The third-order valence-corrected chi connectivity index (χ3v) is 3.09. The molecular weight excluding hydrogens is 220 g/mol. The van der Waals surface area contributed by atoms with Crippen LogP contribution < -0.4 is 0 Å². The topological polar surface area (TPSA) is 52.6 Å². The number of rotatable bonds is 5. The Labute approximate surface area is 103 Å². The first-order chi connectivity index (χ1) is 7.72. The van der Waals surface area contributed by atoms with Crippen LogP contribution >= 0.6 is 0 Å².